The Morgan fingerprint density at radius 3 is 2.81 bits per heavy atom. The summed E-state index contributed by atoms with van der Waals surface area (Å²) in [6, 6.07) is 4.83. The Morgan fingerprint density at radius 2 is 2.31 bits per heavy atom. The highest BCUT2D eigenvalue weighted by molar-refractivity contribution is 9.10. The van der Waals surface area contributed by atoms with E-state index in [4.69, 9.17) is 16.3 Å². The number of hydrogen-bond donors (Lipinski definition) is 1. The molecule has 0 aliphatic rings. The molecule has 0 radical (unpaired) electrons. The maximum Gasteiger partial charge on any atom is 0.327 e. The van der Waals surface area contributed by atoms with Crippen LogP contribution in [0.1, 0.15) is 18.5 Å². The maximum atomic E-state index is 11.6. The van der Waals surface area contributed by atoms with Crippen LogP contribution in [0.4, 0.5) is 0 Å². The highest BCUT2D eigenvalue weighted by Gasteiger charge is 2.22. The normalized spacial score (nSPS) is 12.2. The average Bonchev–Trinajstić information content (AvgIpc) is 2.26. The fraction of sp³-hybridized carbons (Fsp3) is 0.364. The van der Waals surface area contributed by atoms with Gasteiger partial charge in [-0.05, 0) is 24.2 Å². The molecular formula is C11H13BrClNO2. The molecule has 1 N–H and O–H groups in total. The van der Waals surface area contributed by atoms with E-state index in [9.17, 15) is 4.79 Å². The van der Waals surface area contributed by atoms with Gasteiger partial charge in [0, 0.05) is 9.50 Å². The van der Waals surface area contributed by atoms with Crippen molar-refractivity contribution in [1.29, 1.82) is 0 Å². The summed E-state index contributed by atoms with van der Waals surface area (Å²) >= 11 is 9.23. The van der Waals surface area contributed by atoms with Crippen LogP contribution in [-0.4, -0.2) is 19.6 Å². The first kappa shape index (κ1) is 13.5. The van der Waals surface area contributed by atoms with Gasteiger partial charge in [0.15, 0.2) is 0 Å². The molecule has 0 heterocycles. The number of esters is 1. The quantitative estimate of drug-likeness (QED) is 0.869. The molecule has 5 heteroatoms. The van der Waals surface area contributed by atoms with Crippen molar-refractivity contribution < 1.29 is 9.53 Å². The van der Waals surface area contributed by atoms with Crippen LogP contribution in [0.5, 0.6) is 0 Å². The molecule has 88 valence electrons. The number of benzene rings is 1. The third-order valence-corrected chi connectivity index (χ3v) is 3.04. The van der Waals surface area contributed by atoms with Gasteiger partial charge in [-0.25, -0.2) is 4.79 Å². The Hall–Kier alpha value is -0.580. The number of rotatable bonds is 4. The van der Waals surface area contributed by atoms with Crippen LogP contribution in [-0.2, 0) is 9.53 Å². The van der Waals surface area contributed by atoms with E-state index in [-0.39, 0.29) is 5.97 Å². The zero-order valence-electron chi connectivity index (χ0n) is 9.09. The number of ether oxygens (including phenoxy) is 1. The number of likely N-dealkylation sites (N-methyl/N-ethyl adjacent to an activating group) is 1. The predicted molar refractivity (Wildman–Crippen MR) is 67.6 cm³/mol. The summed E-state index contributed by atoms with van der Waals surface area (Å²) in [6.07, 6.45) is 0. The number of carbonyl (C=O) groups is 1. The Morgan fingerprint density at radius 1 is 1.62 bits per heavy atom. The van der Waals surface area contributed by atoms with Gasteiger partial charge in [-0.15, -0.1) is 0 Å². The van der Waals surface area contributed by atoms with Gasteiger partial charge in [-0.3, -0.25) is 0 Å². The Kier molecular flexibility index (Phi) is 5.25. The largest absolute Gasteiger partial charge is 0.468 e. The zero-order chi connectivity index (χ0) is 12.1. The van der Waals surface area contributed by atoms with Crippen LogP contribution in [0.15, 0.2) is 22.7 Å². The van der Waals surface area contributed by atoms with Crippen LogP contribution in [0, 0.1) is 0 Å². The fourth-order valence-electron chi connectivity index (χ4n) is 1.38. The number of hydrogen-bond acceptors (Lipinski definition) is 3. The molecule has 1 unspecified atom stereocenters. The first-order chi connectivity index (χ1) is 7.60. The fourth-order valence-corrected chi connectivity index (χ4v) is 2.29. The molecule has 0 fully saturated rings. The summed E-state index contributed by atoms with van der Waals surface area (Å²) in [7, 11) is 1.37. The Bertz CT molecular complexity index is 384. The number of carbonyl (C=O) groups excluding carboxylic acids is 1. The second-order valence-electron chi connectivity index (χ2n) is 3.18. The van der Waals surface area contributed by atoms with E-state index in [1.165, 1.54) is 7.11 Å². The SMILES string of the molecule is CCNC(C(=O)OC)c1ccc(Cl)cc1Br. The number of methoxy groups -OCH3 is 1. The second kappa shape index (κ2) is 6.23. The van der Waals surface area contributed by atoms with Crippen molar-refractivity contribution >= 4 is 33.5 Å². The van der Waals surface area contributed by atoms with E-state index < -0.39 is 6.04 Å². The van der Waals surface area contributed by atoms with Crippen molar-refractivity contribution in [2.24, 2.45) is 0 Å². The minimum Gasteiger partial charge on any atom is -0.468 e. The molecule has 0 saturated carbocycles. The van der Waals surface area contributed by atoms with Crippen molar-refractivity contribution in [1.82, 2.24) is 5.32 Å². The van der Waals surface area contributed by atoms with Crippen LogP contribution in [0.3, 0.4) is 0 Å². The van der Waals surface area contributed by atoms with Gasteiger partial charge < -0.3 is 10.1 Å². The van der Waals surface area contributed by atoms with Crippen LogP contribution >= 0.6 is 27.5 Å². The number of nitrogens with one attached hydrogen (secondary N) is 1. The van der Waals surface area contributed by atoms with Crippen molar-refractivity contribution in [3.63, 3.8) is 0 Å². The average molecular weight is 307 g/mol. The van der Waals surface area contributed by atoms with Crippen molar-refractivity contribution in [2.45, 2.75) is 13.0 Å². The molecule has 1 atom stereocenters. The molecule has 0 amide bonds. The molecule has 0 aliphatic heterocycles. The van der Waals surface area contributed by atoms with Gasteiger partial charge in [0.2, 0.25) is 0 Å². The molecule has 0 saturated heterocycles. The second-order valence-corrected chi connectivity index (χ2v) is 4.47. The summed E-state index contributed by atoms with van der Waals surface area (Å²) in [5, 5.41) is 3.68. The molecule has 16 heavy (non-hydrogen) atoms. The Labute approximate surface area is 108 Å². The lowest BCUT2D eigenvalue weighted by Gasteiger charge is -2.17. The lowest BCUT2D eigenvalue weighted by atomic mass is 10.1. The van der Waals surface area contributed by atoms with Crippen molar-refractivity contribution in [3.8, 4) is 0 Å². The van der Waals surface area contributed by atoms with Gasteiger partial charge in [-0.1, -0.05) is 40.5 Å². The topological polar surface area (TPSA) is 38.3 Å². The van der Waals surface area contributed by atoms with Crippen molar-refractivity contribution in [2.75, 3.05) is 13.7 Å². The van der Waals surface area contributed by atoms with E-state index in [2.05, 4.69) is 21.2 Å². The molecule has 1 aromatic rings. The summed E-state index contributed by atoms with van der Waals surface area (Å²) in [5.41, 5.74) is 0.818. The van der Waals surface area contributed by atoms with E-state index in [0.29, 0.717) is 11.6 Å². The molecule has 0 aliphatic carbocycles. The van der Waals surface area contributed by atoms with Gasteiger partial charge in [0.25, 0.3) is 0 Å². The highest BCUT2D eigenvalue weighted by atomic mass is 79.9. The molecule has 1 aromatic carbocycles. The zero-order valence-corrected chi connectivity index (χ0v) is 11.4. The van der Waals surface area contributed by atoms with Crippen LogP contribution < -0.4 is 5.32 Å². The Balaban J connectivity index is 3.05. The summed E-state index contributed by atoms with van der Waals surface area (Å²) in [6.45, 7) is 2.61. The standard InChI is InChI=1S/C11H13BrClNO2/c1-3-14-10(11(15)16-2)8-5-4-7(13)6-9(8)12/h4-6,10,14H,3H2,1-2H3. The molecular weight excluding hydrogens is 293 g/mol. The first-order valence-corrected chi connectivity index (χ1v) is 6.03. The van der Waals surface area contributed by atoms with Gasteiger partial charge in [0.1, 0.15) is 6.04 Å². The van der Waals surface area contributed by atoms with E-state index in [1.807, 2.05) is 6.92 Å². The molecule has 0 spiro atoms. The van der Waals surface area contributed by atoms with Gasteiger partial charge >= 0.3 is 5.97 Å². The lowest BCUT2D eigenvalue weighted by Crippen LogP contribution is -2.29. The van der Waals surface area contributed by atoms with E-state index in [0.717, 1.165) is 10.0 Å². The van der Waals surface area contributed by atoms with Crippen LogP contribution in [0.25, 0.3) is 0 Å². The summed E-state index contributed by atoms with van der Waals surface area (Å²) < 4.78 is 5.54. The first-order valence-electron chi connectivity index (χ1n) is 4.86. The number of halogens is 2. The molecule has 3 nitrogen and oxygen atoms in total. The van der Waals surface area contributed by atoms with Gasteiger partial charge in [0.05, 0.1) is 7.11 Å². The monoisotopic (exact) mass is 305 g/mol. The smallest absolute Gasteiger partial charge is 0.327 e. The van der Waals surface area contributed by atoms with E-state index >= 15 is 0 Å². The molecule has 0 aromatic heterocycles. The predicted octanol–water partition coefficient (Wildman–Crippen LogP) is 2.93. The minimum atomic E-state index is -0.471. The minimum absolute atomic E-state index is 0.315. The van der Waals surface area contributed by atoms with Gasteiger partial charge in [-0.2, -0.15) is 0 Å². The molecule has 1 rings (SSSR count). The lowest BCUT2D eigenvalue weighted by molar-refractivity contribution is -0.143. The molecule has 0 bridgehead atoms. The highest BCUT2D eigenvalue weighted by Crippen LogP contribution is 2.27. The van der Waals surface area contributed by atoms with Crippen LogP contribution in [0.2, 0.25) is 5.02 Å². The summed E-state index contributed by atoms with van der Waals surface area (Å²) in [4.78, 5) is 11.6. The maximum absolute atomic E-state index is 11.6. The summed E-state index contributed by atoms with van der Waals surface area (Å²) in [5.74, 6) is -0.315. The van der Waals surface area contributed by atoms with E-state index in [1.54, 1.807) is 18.2 Å². The third kappa shape index (κ3) is 3.20. The van der Waals surface area contributed by atoms with Crippen molar-refractivity contribution in [3.05, 3.63) is 33.3 Å². The third-order valence-electron chi connectivity index (χ3n) is 2.12.